The van der Waals surface area contributed by atoms with E-state index in [1.807, 2.05) is 6.92 Å². The lowest BCUT2D eigenvalue weighted by atomic mass is 10.0. The highest BCUT2D eigenvalue weighted by Gasteiger charge is 2.08. The van der Waals surface area contributed by atoms with E-state index in [0.29, 0.717) is 18.5 Å². The first-order valence-electron chi connectivity index (χ1n) is 3.70. The monoisotopic (exact) mass is 142 g/mol. The fourth-order valence-corrected chi connectivity index (χ4v) is 0.814. The molecule has 60 valence electrons. The van der Waals surface area contributed by atoms with Gasteiger partial charge in [-0.1, -0.05) is 20.4 Å². The number of nitrogens with two attached hydrogens (primary N) is 1. The standard InChI is InChI=1S/C8H18N2/c1-6(2)8(5-9)10-7(3)4/h6,8,10H,3,5,9H2,1-2,4H3. The minimum atomic E-state index is 0.373. The predicted octanol–water partition coefficient (Wildman–Crippen LogP) is 1.09. The summed E-state index contributed by atoms with van der Waals surface area (Å²) in [5, 5.41) is 3.21. The molecule has 0 saturated carbocycles. The van der Waals surface area contributed by atoms with Crippen LogP contribution < -0.4 is 11.1 Å². The minimum Gasteiger partial charge on any atom is -0.385 e. The number of hydrogen-bond acceptors (Lipinski definition) is 2. The van der Waals surface area contributed by atoms with E-state index in [9.17, 15) is 0 Å². The van der Waals surface area contributed by atoms with Gasteiger partial charge >= 0.3 is 0 Å². The van der Waals surface area contributed by atoms with Crippen LogP contribution in [-0.2, 0) is 0 Å². The van der Waals surface area contributed by atoms with Gasteiger partial charge in [-0.05, 0) is 12.8 Å². The van der Waals surface area contributed by atoms with Crippen LogP contribution in [0.3, 0.4) is 0 Å². The smallest absolute Gasteiger partial charge is 0.0403 e. The summed E-state index contributed by atoms with van der Waals surface area (Å²) in [5.41, 5.74) is 6.51. The molecule has 0 aromatic rings. The molecule has 0 rings (SSSR count). The molecule has 0 aromatic carbocycles. The van der Waals surface area contributed by atoms with Crippen LogP contribution in [0.25, 0.3) is 0 Å². The van der Waals surface area contributed by atoms with E-state index in [4.69, 9.17) is 5.73 Å². The van der Waals surface area contributed by atoms with E-state index in [-0.39, 0.29) is 0 Å². The lowest BCUT2D eigenvalue weighted by Gasteiger charge is -2.21. The van der Waals surface area contributed by atoms with Crippen LogP contribution in [0.15, 0.2) is 12.3 Å². The van der Waals surface area contributed by atoms with Crippen molar-refractivity contribution >= 4 is 0 Å². The molecule has 1 unspecified atom stereocenters. The average Bonchev–Trinajstić information content (AvgIpc) is 1.81. The van der Waals surface area contributed by atoms with Crippen LogP contribution in [0.1, 0.15) is 20.8 Å². The molecular weight excluding hydrogens is 124 g/mol. The van der Waals surface area contributed by atoms with Gasteiger partial charge in [-0.15, -0.1) is 0 Å². The first-order chi connectivity index (χ1) is 4.57. The van der Waals surface area contributed by atoms with E-state index in [1.54, 1.807) is 0 Å². The second-order valence-electron chi connectivity index (χ2n) is 3.01. The quantitative estimate of drug-likeness (QED) is 0.616. The Kier molecular flexibility index (Phi) is 4.12. The number of hydrogen-bond donors (Lipinski definition) is 2. The Balaban J connectivity index is 3.71. The zero-order chi connectivity index (χ0) is 8.15. The van der Waals surface area contributed by atoms with Gasteiger partial charge in [0.05, 0.1) is 0 Å². The summed E-state index contributed by atoms with van der Waals surface area (Å²) >= 11 is 0. The molecule has 0 bridgehead atoms. The third-order valence-electron chi connectivity index (χ3n) is 1.49. The van der Waals surface area contributed by atoms with Gasteiger partial charge in [0.25, 0.3) is 0 Å². The second kappa shape index (κ2) is 4.34. The van der Waals surface area contributed by atoms with Crippen LogP contribution in [0.5, 0.6) is 0 Å². The Morgan fingerprint density at radius 2 is 2.10 bits per heavy atom. The predicted molar refractivity (Wildman–Crippen MR) is 45.6 cm³/mol. The van der Waals surface area contributed by atoms with Crippen molar-refractivity contribution in [1.82, 2.24) is 5.32 Å². The Labute approximate surface area is 63.5 Å². The van der Waals surface area contributed by atoms with Gasteiger partial charge in [-0.25, -0.2) is 0 Å². The Morgan fingerprint density at radius 1 is 1.60 bits per heavy atom. The van der Waals surface area contributed by atoms with Crippen molar-refractivity contribution in [1.29, 1.82) is 0 Å². The number of allylic oxidation sites excluding steroid dienone is 1. The van der Waals surface area contributed by atoms with Crippen molar-refractivity contribution in [2.75, 3.05) is 6.54 Å². The zero-order valence-electron chi connectivity index (χ0n) is 7.15. The molecule has 0 aliphatic carbocycles. The molecule has 0 aliphatic heterocycles. The van der Waals surface area contributed by atoms with Crippen molar-refractivity contribution in [2.45, 2.75) is 26.8 Å². The Hall–Kier alpha value is -0.500. The maximum absolute atomic E-state index is 5.52. The third kappa shape index (κ3) is 3.51. The van der Waals surface area contributed by atoms with Gasteiger partial charge in [0.1, 0.15) is 0 Å². The van der Waals surface area contributed by atoms with Crippen molar-refractivity contribution in [3.05, 3.63) is 12.3 Å². The molecule has 0 aromatic heterocycles. The van der Waals surface area contributed by atoms with Crippen LogP contribution in [0.2, 0.25) is 0 Å². The van der Waals surface area contributed by atoms with Gasteiger partial charge in [0, 0.05) is 18.3 Å². The summed E-state index contributed by atoms with van der Waals surface area (Å²) in [6.45, 7) is 10.7. The van der Waals surface area contributed by atoms with E-state index in [0.717, 1.165) is 5.70 Å². The molecule has 0 fully saturated rings. The maximum atomic E-state index is 5.52. The summed E-state index contributed by atoms with van der Waals surface area (Å²) in [7, 11) is 0. The molecule has 3 N–H and O–H groups in total. The Bertz CT molecular complexity index is 108. The number of nitrogens with one attached hydrogen (secondary N) is 1. The minimum absolute atomic E-state index is 0.373. The summed E-state index contributed by atoms with van der Waals surface area (Å²) in [4.78, 5) is 0. The van der Waals surface area contributed by atoms with Gasteiger partial charge in [0.2, 0.25) is 0 Å². The third-order valence-corrected chi connectivity index (χ3v) is 1.49. The highest BCUT2D eigenvalue weighted by Crippen LogP contribution is 2.00. The van der Waals surface area contributed by atoms with Gasteiger partial charge in [0.15, 0.2) is 0 Å². The number of rotatable bonds is 4. The van der Waals surface area contributed by atoms with Crippen LogP contribution in [-0.4, -0.2) is 12.6 Å². The van der Waals surface area contributed by atoms with E-state index < -0.39 is 0 Å². The molecule has 2 heteroatoms. The van der Waals surface area contributed by atoms with Gasteiger partial charge in [-0.2, -0.15) is 0 Å². The maximum Gasteiger partial charge on any atom is 0.0403 e. The first kappa shape index (κ1) is 9.50. The highest BCUT2D eigenvalue weighted by molar-refractivity contribution is 4.89. The van der Waals surface area contributed by atoms with Gasteiger partial charge in [-0.3, -0.25) is 0 Å². The van der Waals surface area contributed by atoms with Crippen LogP contribution in [0.4, 0.5) is 0 Å². The van der Waals surface area contributed by atoms with E-state index >= 15 is 0 Å². The van der Waals surface area contributed by atoms with Crippen LogP contribution >= 0.6 is 0 Å². The molecule has 10 heavy (non-hydrogen) atoms. The molecule has 1 atom stereocenters. The molecular formula is C8H18N2. The molecule has 0 aliphatic rings. The molecule has 0 amide bonds. The molecule has 0 spiro atoms. The topological polar surface area (TPSA) is 38.0 Å². The van der Waals surface area contributed by atoms with Gasteiger partial charge < -0.3 is 11.1 Å². The van der Waals surface area contributed by atoms with Crippen molar-refractivity contribution in [3.8, 4) is 0 Å². The van der Waals surface area contributed by atoms with Crippen LogP contribution in [0, 0.1) is 5.92 Å². The van der Waals surface area contributed by atoms with Crippen molar-refractivity contribution in [3.63, 3.8) is 0 Å². The molecule has 2 nitrogen and oxygen atoms in total. The fraction of sp³-hybridized carbons (Fsp3) is 0.750. The van der Waals surface area contributed by atoms with Crippen molar-refractivity contribution < 1.29 is 0 Å². The molecule has 0 saturated heterocycles. The fourth-order valence-electron chi connectivity index (χ4n) is 0.814. The molecule has 0 heterocycles. The lowest BCUT2D eigenvalue weighted by molar-refractivity contribution is 0.438. The summed E-state index contributed by atoms with van der Waals surface area (Å²) in [6, 6.07) is 0.373. The normalized spacial score (nSPS) is 13.3. The SMILES string of the molecule is C=C(C)NC(CN)C(C)C. The lowest BCUT2D eigenvalue weighted by Crippen LogP contribution is -2.38. The first-order valence-corrected chi connectivity index (χ1v) is 3.70. The largest absolute Gasteiger partial charge is 0.385 e. The highest BCUT2D eigenvalue weighted by atomic mass is 14.9. The average molecular weight is 142 g/mol. The summed E-state index contributed by atoms with van der Waals surface area (Å²) in [5.74, 6) is 0.571. The second-order valence-corrected chi connectivity index (χ2v) is 3.01. The van der Waals surface area contributed by atoms with E-state index in [1.165, 1.54) is 0 Å². The molecule has 0 radical (unpaired) electrons. The summed E-state index contributed by atoms with van der Waals surface area (Å²) < 4.78 is 0. The summed E-state index contributed by atoms with van der Waals surface area (Å²) in [6.07, 6.45) is 0. The Morgan fingerprint density at radius 3 is 2.20 bits per heavy atom. The van der Waals surface area contributed by atoms with E-state index in [2.05, 4.69) is 25.7 Å². The van der Waals surface area contributed by atoms with Crippen molar-refractivity contribution in [2.24, 2.45) is 11.7 Å². The zero-order valence-corrected chi connectivity index (χ0v) is 7.15.